The first kappa shape index (κ1) is 18.7. The highest BCUT2D eigenvalue weighted by Gasteiger charge is 2.48. The number of amides is 4. The second kappa shape index (κ2) is 7.08. The number of carbonyl (C=O) groups excluding carboxylic acids is 3. The summed E-state index contributed by atoms with van der Waals surface area (Å²) in [7, 11) is 1.53. The number of rotatable bonds is 6. The van der Waals surface area contributed by atoms with Crippen LogP contribution in [0.3, 0.4) is 0 Å². The highest BCUT2D eigenvalue weighted by atomic mass is 16.5. The zero-order valence-electron chi connectivity index (χ0n) is 15.8. The number of benzene rings is 1. The Labute approximate surface area is 166 Å². The van der Waals surface area contributed by atoms with E-state index in [1.165, 1.54) is 18.2 Å². The van der Waals surface area contributed by atoms with E-state index in [-0.39, 0.29) is 30.9 Å². The summed E-state index contributed by atoms with van der Waals surface area (Å²) < 4.78 is 5.18. The molecule has 1 atom stereocenters. The van der Waals surface area contributed by atoms with Gasteiger partial charge in [-0.25, -0.2) is 4.79 Å². The van der Waals surface area contributed by atoms with Gasteiger partial charge in [0.15, 0.2) is 0 Å². The van der Waals surface area contributed by atoms with Gasteiger partial charge in [0.25, 0.3) is 17.4 Å². The minimum Gasteiger partial charge on any atom is -0.497 e. The van der Waals surface area contributed by atoms with Crippen molar-refractivity contribution in [2.45, 2.75) is 24.9 Å². The molecule has 1 aromatic heterocycles. The predicted molar refractivity (Wildman–Crippen MR) is 103 cm³/mol. The molecule has 3 N–H and O–H groups in total. The summed E-state index contributed by atoms with van der Waals surface area (Å²) in [5.41, 5.74) is 0.297. The first-order valence-corrected chi connectivity index (χ1v) is 9.18. The molecular formula is C20H20N4O5. The Morgan fingerprint density at radius 1 is 1.17 bits per heavy atom. The number of nitrogens with one attached hydrogen (secondary N) is 3. The van der Waals surface area contributed by atoms with Crippen LogP contribution >= 0.6 is 0 Å². The molecule has 0 saturated carbocycles. The number of nitrogens with zero attached hydrogens (tertiary/aromatic N) is 1. The summed E-state index contributed by atoms with van der Waals surface area (Å²) in [5, 5.41) is 4.93. The van der Waals surface area contributed by atoms with Crippen LogP contribution in [-0.2, 0) is 17.8 Å². The minimum absolute atomic E-state index is 0.00510. The van der Waals surface area contributed by atoms with Crippen LogP contribution < -0.4 is 20.9 Å². The maximum atomic E-state index is 12.9. The first-order chi connectivity index (χ1) is 13.9. The first-order valence-electron chi connectivity index (χ1n) is 9.18. The predicted octanol–water partition coefficient (Wildman–Crippen LogP) is 0.550. The molecule has 0 bridgehead atoms. The van der Waals surface area contributed by atoms with Crippen LogP contribution in [0.15, 0.2) is 41.3 Å². The van der Waals surface area contributed by atoms with Crippen LogP contribution in [0.5, 0.6) is 5.75 Å². The number of fused-ring (bicyclic) bond motifs is 1. The van der Waals surface area contributed by atoms with E-state index in [1.807, 2.05) is 6.07 Å². The lowest BCUT2D eigenvalue weighted by Crippen LogP contribution is -2.55. The van der Waals surface area contributed by atoms with Gasteiger partial charge in [0.05, 0.1) is 13.7 Å². The van der Waals surface area contributed by atoms with Crippen LogP contribution in [0.25, 0.3) is 0 Å². The molecule has 1 aromatic carbocycles. The number of ether oxygens (including phenoxy) is 1. The number of imide groups is 1. The van der Waals surface area contributed by atoms with Crippen molar-refractivity contribution in [3.63, 3.8) is 0 Å². The van der Waals surface area contributed by atoms with Crippen LogP contribution in [0.4, 0.5) is 4.79 Å². The Morgan fingerprint density at radius 3 is 2.69 bits per heavy atom. The van der Waals surface area contributed by atoms with E-state index in [1.54, 1.807) is 24.3 Å². The largest absolute Gasteiger partial charge is 0.497 e. The van der Waals surface area contributed by atoms with Gasteiger partial charge in [0.1, 0.15) is 11.3 Å². The molecule has 0 radical (unpaired) electrons. The van der Waals surface area contributed by atoms with Crippen LogP contribution in [0, 0.1) is 0 Å². The van der Waals surface area contributed by atoms with Gasteiger partial charge < -0.3 is 19.9 Å². The molecule has 2 aliphatic heterocycles. The van der Waals surface area contributed by atoms with E-state index in [4.69, 9.17) is 4.74 Å². The van der Waals surface area contributed by atoms with Crippen molar-refractivity contribution < 1.29 is 19.1 Å². The van der Waals surface area contributed by atoms with Gasteiger partial charge in [-0.15, -0.1) is 0 Å². The normalized spacial score (nSPS) is 20.4. The lowest BCUT2D eigenvalue weighted by molar-refractivity contribution is -0.124. The van der Waals surface area contributed by atoms with Crippen molar-refractivity contribution in [1.29, 1.82) is 0 Å². The molecule has 4 rings (SSSR count). The molecule has 2 aromatic rings. The standard InChI is InChI=1S/C20H20N4O5/c1-29-14-5-4-13-10-24(17(26)15(13)9-14)11-20(18(27)22-19(28)23-20)7-6-12-3-2-8-21-16(12)25/h2-5,8-9H,6-7,10-11H2,1H3,(H,21,25)(H2,22,23,27,28). The maximum Gasteiger partial charge on any atom is 0.322 e. The monoisotopic (exact) mass is 396 g/mol. The lowest BCUT2D eigenvalue weighted by atomic mass is 9.91. The molecule has 1 fully saturated rings. The summed E-state index contributed by atoms with van der Waals surface area (Å²) in [5.74, 6) is -0.162. The van der Waals surface area contributed by atoms with E-state index in [0.29, 0.717) is 23.4 Å². The van der Waals surface area contributed by atoms with Gasteiger partial charge in [-0.3, -0.25) is 19.7 Å². The Kier molecular flexibility index (Phi) is 4.57. The second-order valence-electron chi connectivity index (χ2n) is 7.20. The third-order valence-electron chi connectivity index (χ3n) is 5.39. The molecule has 0 aliphatic carbocycles. The average molecular weight is 396 g/mol. The van der Waals surface area contributed by atoms with Crippen molar-refractivity contribution in [1.82, 2.24) is 20.5 Å². The maximum absolute atomic E-state index is 12.9. The number of urea groups is 1. The van der Waals surface area contributed by atoms with Crippen LogP contribution in [0.1, 0.15) is 27.9 Å². The van der Waals surface area contributed by atoms with Gasteiger partial charge >= 0.3 is 6.03 Å². The van der Waals surface area contributed by atoms with Crippen LogP contribution in [-0.4, -0.2) is 46.9 Å². The number of carbonyl (C=O) groups is 3. The molecular weight excluding hydrogens is 376 g/mol. The molecule has 1 saturated heterocycles. The summed E-state index contributed by atoms with van der Waals surface area (Å²) >= 11 is 0. The number of aryl methyl sites for hydroxylation is 1. The topological polar surface area (TPSA) is 121 Å². The Morgan fingerprint density at radius 2 is 2.00 bits per heavy atom. The highest BCUT2D eigenvalue weighted by molar-refractivity contribution is 6.08. The van der Waals surface area contributed by atoms with Crippen molar-refractivity contribution in [3.05, 3.63) is 63.6 Å². The molecule has 9 heteroatoms. The Bertz CT molecular complexity index is 1060. The molecule has 1 unspecified atom stereocenters. The average Bonchev–Trinajstić information content (AvgIpc) is 3.16. The van der Waals surface area contributed by atoms with E-state index < -0.39 is 17.5 Å². The van der Waals surface area contributed by atoms with Gasteiger partial charge in [-0.2, -0.15) is 0 Å². The minimum atomic E-state index is -1.30. The summed E-state index contributed by atoms with van der Waals surface area (Å²) in [6.07, 6.45) is 1.98. The van der Waals surface area contributed by atoms with Gasteiger partial charge in [0.2, 0.25) is 0 Å². The van der Waals surface area contributed by atoms with Crippen molar-refractivity contribution in [3.8, 4) is 5.75 Å². The zero-order valence-corrected chi connectivity index (χ0v) is 15.8. The fourth-order valence-electron chi connectivity index (χ4n) is 3.82. The van der Waals surface area contributed by atoms with E-state index in [9.17, 15) is 19.2 Å². The summed E-state index contributed by atoms with van der Waals surface area (Å²) in [4.78, 5) is 53.5. The Balaban J connectivity index is 1.58. The molecule has 2 aliphatic rings. The fourth-order valence-corrected chi connectivity index (χ4v) is 3.82. The van der Waals surface area contributed by atoms with Crippen molar-refractivity contribution in [2.75, 3.05) is 13.7 Å². The van der Waals surface area contributed by atoms with Crippen molar-refractivity contribution in [2.24, 2.45) is 0 Å². The number of methoxy groups -OCH3 is 1. The third kappa shape index (κ3) is 3.35. The van der Waals surface area contributed by atoms with Gasteiger partial charge in [0, 0.05) is 23.9 Å². The van der Waals surface area contributed by atoms with E-state index in [2.05, 4.69) is 15.6 Å². The SMILES string of the molecule is COc1ccc2c(c1)C(=O)N(CC1(CCc3ccc[nH]c3=O)NC(=O)NC1=O)C2. The summed E-state index contributed by atoms with van der Waals surface area (Å²) in [6.45, 7) is 0.333. The molecule has 0 spiro atoms. The number of hydrogen-bond acceptors (Lipinski definition) is 5. The number of H-pyrrole nitrogens is 1. The second-order valence-corrected chi connectivity index (χ2v) is 7.20. The number of hydrogen-bond donors (Lipinski definition) is 3. The summed E-state index contributed by atoms with van der Waals surface area (Å²) in [6, 6.07) is 8.02. The molecule has 29 heavy (non-hydrogen) atoms. The smallest absolute Gasteiger partial charge is 0.322 e. The molecule has 150 valence electrons. The quantitative estimate of drug-likeness (QED) is 0.616. The fraction of sp³-hybridized carbons (Fsp3) is 0.300. The molecule has 9 nitrogen and oxygen atoms in total. The van der Waals surface area contributed by atoms with Gasteiger partial charge in [-0.05, 0) is 36.6 Å². The zero-order chi connectivity index (χ0) is 20.6. The van der Waals surface area contributed by atoms with Crippen LogP contribution in [0.2, 0.25) is 0 Å². The number of aromatic nitrogens is 1. The Hall–Kier alpha value is -3.62. The molecule has 3 heterocycles. The number of aromatic amines is 1. The molecule has 4 amide bonds. The number of pyridine rings is 1. The third-order valence-corrected chi connectivity index (χ3v) is 5.39. The lowest BCUT2D eigenvalue weighted by Gasteiger charge is -2.30. The van der Waals surface area contributed by atoms with Gasteiger partial charge in [-0.1, -0.05) is 12.1 Å². The highest BCUT2D eigenvalue weighted by Crippen LogP contribution is 2.29. The van der Waals surface area contributed by atoms with Crippen molar-refractivity contribution >= 4 is 17.8 Å². The van der Waals surface area contributed by atoms with E-state index in [0.717, 1.165) is 5.56 Å². The van der Waals surface area contributed by atoms with E-state index >= 15 is 0 Å².